The molecular weight excluding hydrogens is 206 g/mol. The number of hydrogen-bond acceptors (Lipinski definition) is 3. The van der Waals surface area contributed by atoms with Crippen LogP contribution in [-0.2, 0) is 9.59 Å². The molecule has 0 atom stereocenters. The van der Waals surface area contributed by atoms with Gasteiger partial charge in [0.25, 0.3) is 0 Å². The Labute approximate surface area is 96.1 Å². The lowest BCUT2D eigenvalue weighted by Crippen LogP contribution is -2.29. The van der Waals surface area contributed by atoms with Gasteiger partial charge in [-0.05, 0) is 12.8 Å². The summed E-state index contributed by atoms with van der Waals surface area (Å²) in [6, 6.07) is 0. The molecule has 2 amide bonds. The molecule has 0 heterocycles. The fourth-order valence-electron chi connectivity index (χ4n) is 1.16. The van der Waals surface area contributed by atoms with Crippen molar-refractivity contribution in [1.82, 2.24) is 10.7 Å². The van der Waals surface area contributed by atoms with Gasteiger partial charge >= 0.3 is 0 Å². The van der Waals surface area contributed by atoms with Gasteiger partial charge in [-0.15, -0.1) is 12.3 Å². The number of carbonyl (C=O) groups excluding carboxylic acids is 2. The average Bonchev–Trinajstić information content (AvgIpc) is 2.30. The highest BCUT2D eigenvalue weighted by molar-refractivity contribution is 5.76. The van der Waals surface area contributed by atoms with Crippen LogP contribution in [0.5, 0.6) is 0 Å². The van der Waals surface area contributed by atoms with Crippen LogP contribution in [-0.4, -0.2) is 18.4 Å². The largest absolute Gasteiger partial charge is 0.356 e. The number of unbranched alkanes of at least 4 members (excludes halogenated alkanes) is 2. The number of carbonyl (C=O) groups is 2. The molecule has 0 saturated carbocycles. The van der Waals surface area contributed by atoms with Gasteiger partial charge in [0, 0.05) is 25.8 Å². The smallest absolute Gasteiger partial charge is 0.233 e. The van der Waals surface area contributed by atoms with Gasteiger partial charge in [-0.2, -0.15) is 0 Å². The minimum absolute atomic E-state index is 0.0161. The number of rotatable bonds is 8. The Kier molecular flexibility index (Phi) is 9.03. The molecule has 5 heteroatoms. The summed E-state index contributed by atoms with van der Waals surface area (Å²) in [4.78, 5) is 21.8. The summed E-state index contributed by atoms with van der Waals surface area (Å²) < 4.78 is 0. The van der Waals surface area contributed by atoms with Gasteiger partial charge in [0.2, 0.25) is 11.8 Å². The van der Waals surface area contributed by atoms with Crippen molar-refractivity contribution < 1.29 is 9.59 Å². The SMILES string of the molecule is C#CCCC(=O)NCCCCCC(=O)NN. The molecule has 0 bridgehead atoms. The Morgan fingerprint density at radius 1 is 1.12 bits per heavy atom. The van der Waals surface area contributed by atoms with Crippen molar-refractivity contribution in [3.8, 4) is 12.3 Å². The standard InChI is InChI=1S/C11H19N3O2/c1-2-3-7-10(15)13-9-6-4-5-8-11(16)14-12/h1H,3-9,12H2,(H,13,15)(H,14,16). The maximum atomic E-state index is 11.1. The molecular formula is C11H19N3O2. The monoisotopic (exact) mass is 225 g/mol. The highest BCUT2D eigenvalue weighted by Gasteiger charge is 2.00. The molecule has 90 valence electrons. The molecule has 0 aliphatic rings. The fraction of sp³-hybridized carbons (Fsp3) is 0.636. The molecule has 0 radical (unpaired) electrons. The highest BCUT2D eigenvalue weighted by atomic mass is 16.2. The lowest BCUT2D eigenvalue weighted by atomic mass is 10.2. The molecule has 0 fully saturated rings. The minimum Gasteiger partial charge on any atom is -0.356 e. The van der Waals surface area contributed by atoms with Crippen LogP contribution in [0, 0.1) is 12.3 Å². The molecule has 16 heavy (non-hydrogen) atoms. The van der Waals surface area contributed by atoms with Crippen LogP contribution < -0.4 is 16.6 Å². The molecule has 0 aliphatic heterocycles. The van der Waals surface area contributed by atoms with E-state index < -0.39 is 0 Å². The van der Waals surface area contributed by atoms with Crippen molar-refractivity contribution >= 4 is 11.8 Å². The van der Waals surface area contributed by atoms with Gasteiger partial charge in [0.1, 0.15) is 0 Å². The van der Waals surface area contributed by atoms with E-state index in [9.17, 15) is 9.59 Å². The molecule has 0 aliphatic carbocycles. The summed E-state index contributed by atoms with van der Waals surface area (Å²) in [6.07, 6.45) is 8.86. The number of nitrogens with two attached hydrogens (primary N) is 1. The van der Waals surface area contributed by atoms with E-state index in [1.807, 2.05) is 0 Å². The normalized spacial score (nSPS) is 9.25. The fourth-order valence-corrected chi connectivity index (χ4v) is 1.16. The second kappa shape index (κ2) is 9.99. The molecule has 0 unspecified atom stereocenters. The van der Waals surface area contributed by atoms with Crippen LogP contribution in [0.15, 0.2) is 0 Å². The number of hydrazine groups is 1. The average molecular weight is 225 g/mol. The van der Waals surface area contributed by atoms with Gasteiger partial charge in [-0.3, -0.25) is 15.0 Å². The maximum absolute atomic E-state index is 11.1. The first-order valence-corrected chi connectivity index (χ1v) is 5.40. The van der Waals surface area contributed by atoms with Gasteiger partial charge in [-0.25, -0.2) is 5.84 Å². The van der Waals surface area contributed by atoms with Gasteiger partial charge < -0.3 is 5.32 Å². The third-order valence-electron chi connectivity index (χ3n) is 2.06. The van der Waals surface area contributed by atoms with E-state index in [0.29, 0.717) is 25.8 Å². The molecule has 0 saturated heterocycles. The zero-order valence-corrected chi connectivity index (χ0v) is 9.42. The summed E-state index contributed by atoms with van der Waals surface area (Å²) in [5.41, 5.74) is 2.07. The summed E-state index contributed by atoms with van der Waals surface area (Å²) in [5.74, 6) is 7.17. The van der Waals surface area contributed by atoms with Crippen molar-refractivity contribution in [2.45, 2.75) is 38.5 Å². The van der Waals surface area contributed by atoms with Crippen molar-refractivity contribution in [2.75, 3.05) is 6.54 Å². The predicted octanol–water partition coefficient (Wildman–Crippen LogP) is 0.0663. The van der Waals surface area contributed by atoms with Crippen molar-refractivity contribution in [3.05, 3.63) is 0 Å². The van der Waals surface area contributed by atoms with E-state index in [-0.39, 0.29) is 11.8 Å². The number of hydrogen-bond donors (Lipinski definition) is 3. The zero-order valence-electron chi connectivity index (χ0n) is 9.42. The van der Waals surface area contributed by atoms with Gasteiger partial charge in [-0.1, -0.05) is 6.42 Å². The lowest BCUT2D eigenvalue weighted by molar-refractivity contribution is -0.122. The van der Waals surface area contributed by atoms with E-state index >= 15 is 0 Å². The second-order valence-corrected chi connectivity index (χ2v) is 3.43. The lowest BCUT2D eigenvalue weighted by Gasteiger charge is -2.03. The molecule has 0 rings (SSSR count). The molecule has 0 spiro atoms. The third kappa shape index (κ3) is 9.03. The molecule has 0 aromatic heterocycles. The Morgan fingerprint density at radius 3 is 2.50 bits per heavy atom. The highest BCUT2D eigenvalue weighted by Crippen LogP contribution is 1.98. The van der Waals surface area contributed by atoms with Crippen molar-refractivity contribution in [3.63, 3.8) is 0 Å². The van der Waals surface area contributed by atoms with Crippen LogP contribution >= 0.6 is 0 Å². The zero-order chi connectivity index (χ0) is 12.2. The van der Waals surface area contributed by atoms with E-state index in [2.05, 4.69) is 16.7 Å². The minimum atomic E-state index is -0.155. The van der Waals surface area contributed by atoms with Crippen LogP contribution in [0.4, 0.5) is 0 Å². The van der Waals surface area contributed by atoms with Crippen LogP contribution in [0.25, 0.3) is 0 Å². The number of terminal acetylenes is 1. The van der Waals surface area contributed by atoms with Gasteiger partial charge in [0.15, 0.2) is 0 Å². The Balaban J connectivity index is 3.24. The second-order valence-electron chi connectivity index (χ2n) is 3.43. The molecule has 0 aromatic carbocycles. The van der Waals surface area contributed by atoms with E-state index in [1.54, 1.807) is 0 Å². The Morgan fingerprint density at radius 2 is 1.88 bits per heavy atom. The van der Waals surface area contributed by atoms with E-state index in [0.717, 1.165) is 19.3 Å². The molecule has 5 nitrogen and oxygen atoms in total. The van der Waals surface area contributed by atoms with Crippen LogP contribution in [0.2, 0.25) is 0 Å². The number of nitrogens with one attached hydrogen (secondary N) is 2. The summed E-state index contributed by atoms with van der Waals surface area (Å²) in [6.45, 7) is 0.633. The summed E-state index contributed by atoms with van der Waals surface area (Å²) >= 11 is 0. The maximum Gasteiger partial charge on any atom is 0.233 e. The summed E-state index contributed by atoms with van der Waals surface area (Å²) in [5, 5.41) is 2.76. The van der Waals surface area contributed by atoms with Crippen LogP contribution in [0.1, 0.15) is 38.5 Å². The topological polar surface area (TPSA) is 84.2 Å². The Bertz CT molecular complexity index is 258. The molecule has 0 aromatic rings. The van der Waals surface area contributed by atoms with Crippen molar-refractivity contribution in [1.29, 1.82) is 0 Å². The van der Waals surface area contributed by atoms with E-state index in [1.165, 1.54) is 0 Å². The predicted molar refractivity (Wildman–Crippen MR) is 61.9 cm³/mol. The first-order valence-electron chi connectivity index (χ1n) is 5.40. The quantitative estimate of drug-likeness (QED) is 0.180. The first-order chi connectivity index (χ1) is 7.70. The third-order valence-corrected chi connectivity index (χ3v) is 2.06. The first kappa shape index (κ1) is 14.5. The van der Waals surface area contributed by atoms with Gasteiger partial charge in [0.05, 0.1) is 0 Å². The molecule has 4 N–H and O–H groups in total. The van der Waals surface area contributed by atoms with Crippen molar-refractivity contribution in [2.24, 2.45) is 5.84 Å². The van der Waals surface area contributed by atoms with E-state index in [4.69, 9.17) is 12.3 Å². The van der Waals surface area contributed by atoms with Crippen LogP contribution in [0.3, 0.4) is 0 Å². The Hall–Kier alpha value is -1.54. The summed E-state index contributed by atoms with van der Waals surface area (Å²) in [7, 11) is 0. The number of amides is 2.